The lowest BCUT2D eigenvalue weighted by molar-refractivity contribution is -0.122. The van der Waals surface area contributed by atoms with E-state index in [-0.39, 0.29) is 40.2 Å². The van der Waals surface area contributed by atoms with E-state index >= 15 is 0 Å². The number of fused-ring (bicyclic) bond motifs is 1. The summed E-state index contributed by atoms with van der Waals surface area (Å²) in [6, 6.07) is 4.58. The molecule has 0 spiro atoms. The Balaban J connectivity index is 1.52. The molecule has 1 saturated carbocycles. The molecule has 1 saturated heterocycles. The summed E-state index contributed by atoms with van der Waals surface area (Å²) in [5, 5.41) is 15.6. The Morgan fingerprint density at radius 1 is 1.19 bits per heavy atom. The first-order valence-electron chi connectivity index (χ1n) is 12.5. The van der Waals surface area contributed by atoms with Gasteiger partial charge in [0.1, 0.15) is 11.3 Å². The maximum absolute atomic E-state index is 14.9. The van der Waals surface area contributed by atoms with Crippen LogP contribution >= 0.6 is 11.6 Å². The first-order valence-corrected chi connectivity index (χ1v) is 12.9. The van der Waals surface area contributed by atoms with Crippen LogP contribution in [0.2, 0.25) is 5.02 Å². The van der Waals surface area contributed by atoms with Gasteiger partial charge in [0.2, 0.25) is 17.8 Å². The number of aromatic nitrogens is 4. The zero-order valence-electron chi connectivity index (χ0n) is 20.2. The number of carbonyl (C=O) groups excluding carboxylic acids is 1. The Kier molecular flexibility index (Phi) is 7.39. The number of nitrogens with two attached hydrogens (primary N) is 1. The molecule has 37 heavy (non-hydrogen) atoms. The van der Waals surface area contributed by atoms with Crippen molar-refractivity contribution in [1.29, 1.82) is 5.26 Å². The fraction of sp³-hybridized carbons (Fsp3) is 0.480. The van der Waals surface area contributed by atoms with E-state index in [9.17, 15) is 9.18 Å². The van der Waals surface area contributed by atoms with Gasteiger partial charge in [-0.25, -0.2) is 14.4 Å². The number of carbonyl (C=O) groups is 1. The maximum atomic E-state index is 14.9. The van der Waals surface area contributed by atoms with Gasteiger partial charge < -0.3 is 21.1 Å². The van der Waals surface area contributed by atoms with Gasteiger partial charge in [0, 0.05) is 31.2 Å². The Hall–Kier alpha value is -3.49. The molecule has 2 aliphatic rings. The van der Waals surface area contributed by atoms with Gasteiger partial charge in [0.05, 0.1) is 28.5 Å². The van der Waals surface area contributed by atoms with E-state index in [2.05, 4.69) is 20.6 Å². The Morgan fingerprint density at radius 2 is 2.00 bits per heavy atom. The van der Waals surface area contributed by atoms with Crippen LogP contribution in [0.25, 0.3) is 11.2 Å². The van der Waals surface area contributed by atoms with Crippen LogP contribution < -0.4 is 16.4 Å². The molecule has 0 radical (unpaired) electrons. The van der Waals surface area contributed by atoms with E-state index < -0.39 is 5.82 Å². The second-order valence-corrected chi connectivity index (χ2v) is 9.96. The van der Waals surface area contributed by atoms with Crippen LogP contribution in [-0.2, 0) is 9.53 Å². The quantitative estimate of drug-likeness (QED) is 0.428. The second kappa shape index (κ2) is 10.9. The molecule has 1 aliphatic carbocycles. The molecule has 1 aromatic carbocycles. The minimum atomic E-state index is -0.663. The minimum absolute atomic E-state index is 0.0211. The number of benzene rings is 1. The lowest BCUT2D eigenvalue weighted by atomic mass is 9.85. The van der Waals surface area contributed by atoms with E-state index in [0.29, 0.717) is 55.4 Å². The molecule has 194 valence electrons. The lowest BCUT2D eigenvalue weighted by Crippen LogP contribution is -2.29. The van der Waals surface area contributed by atoms with Gasteiger partial charge in [-0.2, -0.15) is 10.2 Å². The summed E-state index contributed by atoms with van der Waals surface area (Å²) < 4.78 is 22.4. The first-order chi connectivity index (χ1) is 17.9. The average Bonchev–Trinajstić information content (AvgIpc) is 3.04. The number of nitrogens with one attached hydrogen (secondary N) is 2. The highest BCUT2D eigenvalue weighted by Crippen LogP contribution is 2.38. The van der Waals surface area contributed by atoms with Gasteiger partial charge in [0.15, 0.2) is 5.65 Å². The van der Waals surface area contributed by atoms with Gasteiger partial charge in [-0.15, -0.1) is 0 Å². The van der Waals surface area contributed by atoms with E-state index in [1.54, 1.807) is 6.20 Å². The molecule has 0 bridgehead atoms. The lowest BCUT2D eigenvalue weighted by Gasteiger charge is -2.29. The monoisotopic (exact) mass is 526 g/mol. The third kappa shape index (κ3) is 5.45. The minimum Gasteiger partial charge on any atom is -0.381 e. The van der Waals surface area contributed by atoms with E-state index in [1.165, 1.54) is 6.07 Å². The van der Waals surface area contributed by atoms with Crippen molar-refractivity contribution in [3.05, 3.63) is 34.7 Å². The van der Waals surface area contributed by atoms with Gasteiger partial charge in [0.25, 0.3) is 0 Å². The second-order valence-electron chi connectivity index (χ2n) is 9.55. The number of nitriles is 1. The summed E-state index contributed by atoms with van der Waals surface area (Å²) in [4.78, 5) is 25.7. The molecule has 1 aliphatic heterocycles. The van der Waals surface area contributed by atoms with Crippen LogP contribution in [0.3, 0.4) is 0 Å². The number of rotatable bonds is 6. The number of hydrogen-bond acceptors (Lipinski definition) is 8. The maximum Gasteiger partial charge on any atom is 0.224 e. The van der Waals surface area contributed by atoms with Gasteiger partial charge in [-0.05, 0) is 57.1 Å². The van der Waals surface area contributed by atoms with Crippen LogP contribution in [0.4, 0.5) is 22.0 Å². The van der Waals surface area contributed by atoms with Crippen LogP contribution in [0.1, 0.15) is 56.6 Å². The number of hydrogen-bond donors (Lipinski definition) is 3. The molecule has 1 unspecified atom stereocenters. The molecule has 12 heteroatoms. The van der Waals surface area contributed by atoms with Gasteiger partial charge in [-0.3, -0.25) is 9.36 Å². The number of imidazole rings is 1. The number of amides is 1. The van der Waals surface area contributed by atoms with Crippen molar-refractivity contribution in [3.63, 3.8) is 0 Å². The topological polar surface area (TPSA) is 144 Å². The number of halogens is 2. The third-order valence-electron chi connectivity index (χ3n) is 7.09. The van der Waals surface area contributed by atoms with Crippen molar-refractivity contribution >= 4 is 46.3 Å². The van der Waals surface area contributed by atoms with Crippen LogP contribution in [0.5, 0.6) is 0 Å². The number of anilines is 3. The predicted octanol–water partition coefficient (Wildman–Crippen LogP) is 4.43. The Labute approximate surface area is 218 Å². The Morgan fingerprint density at radius 3 is 2.73 bits per heavy atom. The summed E-state index contributed by atoms with van der Waals surface area (Å²) in [5.74, 6) is -0.279. The zero-order chi connectivity index (χ0) is 25.9. The number of primary amides is 1. The van der Waals surface area contributed by atoms with Crippen molar-refractivity contribution in [2.45, 2.75) is 57.0 Å². The average molecular weight is 527 g/mol. The van der Waals surface area contributed by atoms with Crippen molar-refractivity contribution in [3.8, 4) is 6.07 Å². The van der Waals surface area contributed by atoms with Gasteiger partial charge >= 0.3 is 0 Å². The van der Waals surface area contributed by atoms with Gasteiger partial charge in [-0.1, -0.05) is 11.6 Å². The molecule has 3 heterocycles. The molecule has 1 atom stereocenters. The van der Waals surface area contributed by atoms with Crippen molar-refractivity contribution in [1.82, 2.24) is 19.5 Å². The van der Waals surface area contributed by atoms with Crippen molar-refractivity contribution < 1.29 is 13.9 Å². The van der Waals surface area contributed by atoms with Crippen LogP contribution in [0.15, 0.2) is 18.3 Å². The molecule has 10 nitrogen and oxygen atoms in total. The van der Waals surface area contributed by atoms with E-state index in [0.717, 1.165) is 31.9 Å². The summed E-state index contributed by atoms with van der Waals surface area (Å²) >= 11 is 6.31. The third-order valence-corrected chi connectivity index (χ3v) is 7.39. The molecule has 2 fully saturated rings. The molecule has 3 aromatic rings. The normalized spacial score (nSPS) is 22.2. The molecular formula is C25H28ClFN8O2. The highest BCUT2D eigenvalue weighted by molar-refractivity contribution is 6.33. The molecule has 4 N–H and O–H groups in total. The molecule has 1 amide bonds. The summed E-state index contributed by atoms with van der Waals surface area (Å²) in [5.41, 5.74) is 6.82. The smallest absolute Gasteiger partial charge is 0.224 e. The first kappa shape index (κ1) is 25.2. The molecule has 2 aromatic heterocycles. The number of ether oxygens (including phenoxy) is 1. The zero-order valence-corrected chi connectivity index (χ0v) is 21.0. The standard InChI is InChI=1S/C25H28ClFN8O2/c26-18-10-14(12-28)11-19(27)21(18)33-25-32-20-13-30-24(31-16-2-1-8-37-9-7-16)34-23(20)35(25)17-5-3-15(4-6-17)22(29)36/h10-11,13,15-17H,1-9H2,(H2,29,36)(H,32,33)(H,30,31,34)/t15-,16?,17-. The van der Waals surface area contributed by atoms with Crippen molar-refractivity contribution in [2.24, 2.45) is 11.7 Å². The van der Waals surface area contributed by atoms with Crippen LogP contribution in [0, 0.1) is 23.1 Å². The molecular weight excluding hydrogens is 499 g/mol. The van der Waals surface area contributed by atoms with E-state index in [4.69, 9.17) is 32.3 Å². The highest BCUT2D eigenvalue weighted by Gasteiger charge is 2.29. The SMILES string of the molecule is N#Cc1cc(F)c(Nc2nc3cnc(NC4CCCOCC4)nc3n2[C@H]2CC[C@H](C(N)=O)CC2)c(Cl)c1. The largest absolute Gasteiger partial charge is 0.381 e. The Bertz CT molecular complexity index is 1320. The molecule has 5 rings (SSSR count). The summed E-state index contributed by atoms with van der Waals surface area (Å²) in [6.07, 6.45) is 7.08. The fourth-order valence-corrected chi connectivity index (χ4v) is 5.37. The summed E-state index contributed by atoms with van der Waals surface area (Å²) in [6.45, 7) is 1.44. The van der Waals surface area contributed by atoms with Crippen LogP contribution in [-0.4, -0.2) is 44.7 Å². The van der Waals surface area contributed by atoms with Crippen molar-refractivity contribution in [2.75, 3.05) is 23.8 Å². The van der Waals surface area contributed by atoms with E-state index in [1.807, 2.05) is 10.6 Å². The predicted molar refractivity (Wildman–Crippen MR) is 137 cm³/mol. The number of nitrogens with zero attached hydrogens (tertiary/aromatic N) is 5. The highest BCUT2D eigenvalue weighted by atomic mass is 35.5. The summed E-state index contributed by atoms with van der Waals surface area (Å²) in [7, 11) is 0. The fourth-order valence-electron chi connectivity index (χ4n) is 5.11.